The molecule has 2 aromatic carbocycles. The molecule has 0 fully saturated rings. The molecular weight excluding hydrogens is 382 g/mol. The first kappa shape index (κ1) is 20.6. The van der Waals surface area contributed by atoms with Crippen LogP contribution >= 0.6 is 11.8 Å². The smallest absolute Gasteiger partial charge is 0.251 e. The quantitative estimate of drug-likeness (QED) is 0.422. The van der Waals surface area contributed by atoms with Gasteiger partial charge in [0.15, 0.2) is 5.16 Å². The number of hydrogen-bond donors (Lipinski definition) is 2. The number of carbonyl (C=O) groups is 1. The summed E-state index contributed by atoms with van der Waals surface area (Å²) in [4.78, 5) is 31.2. The van der Waals surface area contributed by atoms with E-state index >= 15 is 0 Å². The monoisotopic (exact) mass is 405 g/mol. The molecule has 148 valence electrons. The third kappa shape index (κ3) is 7.43. The molecule has 0 atom stereocenters. The minimum Gasteiger partial charge on any atom is -0.355 e. The Balaban J connectivity index is 1.48. The third-order valence-corrected chi connectivity index (χ3v) is 4.95. The fraction of sp³-hybridized carbons (Fsp3) is 0.174. The van der Waals surface area contributed by atoms with Gasteiger partial charge in [-0.25, -0.2) is 4.98 Å². The topological polar surface area (TPSA) is 74.8 Å². The highest BCUT2D eigenvalue weighted by Crippen LogP contribution is 2.12. The van der Waals surface area contributed by atoms with Crippen molar-refractivity contribution in [3.05, 3.63) is 100.0 Å². The fourth-order valence-electron chi connectivity index (χ4n) is 2.74. The summed E-state index contributed by atoms with van der Waals surface area (Å²) in [6.07, 6.45) is 4.90. The van der Waals surface area contributed by atoms with E-state index in [0.29, 0.717) is 23.1 Å². The number of hydrogen-bond acceptors (Lipinski definition) is 4. The third-order valence-electron chi connectivity index (χ3n) is 4.12. The Bertz CT molecular complexity index is 1000. The molecule has 0 saturated carbocycles. The molecule has 2 N–H and O–H groups in total. The van der Waals surface area contributed by atoms with E-state index in [1.807, 2.05) is 72.8 Å². The van der Waals surface area contributed by atoms with Crippen LogP contribution in [0.1, 0.15) is 16.8 Å². The average molecular weight is 406 g/mol. The van der Waals surface area contributed by atoms with Crippen LogP contribution in [0.3, 0.4) is 0 Å². The second-order valence-electron chi connectivity index (χ2n) is 6.43. The molecule has 0 unspecified atom stereocenters. The van der Waals surface area contributed by atoms with Crippen LogP contribution in [0, 0.1) is 0 Å². The summed E-state index contributed by atoms with van der Waals surface area (Å²) in [6.45, 7) is 0.553. The van der Waals surface area contributed by atoms with Gasteiger partial charge in [0, 0.05) is 18.4 Å². The summed E-state index contributed by atoms with van der Waals surface area (Å²) in [5.41, 5.74) is 2.52. The normalized spacial score (nSPS) is 10.9. The van der Waals surface area contributed by atoms with Crippen molar-refractivity contribution in [2.45, 2.75) is 18.0 Å². The summed E-state index contributed by atoms with van der Waals surface area (Å²) in [5.74, 6) is 0.531. The van der Waals surface area contributed by atoms with Gasteiger partial charge in [-0.3, -0.25) is 9.59 Å². The van der Waals surface area contributed by atoms with Crippen molar-refractivity contribution >= 4 is 23.7 Å². The van der Waals surface area contributed by atoms with E-state index < -0.39 is 0 Å². The highest BCUT2D eigenvalue weighted by molar-refractivity contribution is 7.99. The van der Waals surface area contributed by atoms with Gasteiger partial charge in [-0.1, -0.05) is 84.6 Å². The molecule has 3 aromatic rings. The van der Waals surface area contributed by atoms with Gasteiger partial charge in [0.1, 0.15) is 0 Å². The Labute approximate surface area is 174 Å². The van der Waals surface area contributed by atoms with Gasteiger partial charge in [0.25, 0.3) is 5.56 Å². The second kappa shape index (κ2) is 11.0. The fourth-order valence-corrected chi connectivity index (χ4v) is 3.44. The Morgan fingerprint density at radius 1 is 1.07 bits per heavy atom. The van der Waals surface area contributed by atoms with Gasteiger partial charge in [-0.15, -0.1) is 0 Å². The molecule has 0 saturated heterocycles. The lowest BCUT2D eigenvalue weighted by Gasteiger charge is -2.06. The first-order valence-electron chi connectivity index (χ1n) is 9.44. The molecule has 1 amide bonds. The van der Waals surface area contributed by atoms with Crippen LogP contribution in [0.2, 0.25) is 0 Å². The molecule has 3 rings (SSSR count). The van der Waals surface area contributed by atoms with Gasteiger partial charge >= 0.3 is 0 Å². The lowest BCUT2D eigenvalue weighted by Crippen LogP contribution is -2.28. The Morgan fingerprint density at radius 3 is 2.55 bits per heavy atom. The lowest BCUT2D eigenvalue weighted by molar-refractivity contribution is -0.120. The second-order valence-corrected chi connectivity index (χ2v) is 7.44. The summed E-state index contributed by atoms with van der Waals surface area (Å²) in [6, 6.07) is 21.4. The summed E-state index contributed by atoms with van der Waals surface area (Å²) < 4.78 is 0. The van der Waals surface area contributed by atoms with Crippen LogP contribution in [-0.2, 0) is 17.6 Å². The van der Waals surface area contributed by atoms with E-state index in [-0.39, 0.29) is 17.9 Å². The Kier molecular flexibility index (Phi) is 7.83. The minimum absolute atomic E-state index is 0.0894. The van der Waals surface area contributed by atoms with Crippen molar-refractivity contribution in [3.63, 3.8) is 0 Å². The summed E-state index contributed by atoms with van der Waals surface area (Å²) in [7, 11) is 0. The lowest BCUT2D eigenvalue weighted by atomic mass is 10.1. The maximum absolute atomic E-state index is 12.2. The molecule has 1 heterocycles. The highest BCUT2D eigenvalue weighted by atomic mass is 32.2. The van der Waals surface area contributed by atoms with Crippen molar-refractivity contribution in [2.75, 3.05) is 12.3 Å². The van der Waals surface area contributed by atoms with Gasteiger partial charge in [-0.05, 0) is 17.5 Å². The molecule has 0 radical (unpaired) electrons. The van der Waals surface area contributed by atoms with E-state index in [2.05, 4.69) is 15.3 Å². The van der Waals surface area contributed by atoms with Crippen molar-refractivity contribution in [3.8, 4) is 0 Å². The van der Waals surface area contributed by atoms with Crippen LogP contribution < -0.4 is 10.9 Å². The van der Waals surface area contributed by atoms with Crippen LogP contribution in [0.4, 0.5) is 0 Å². The SMILES string of the molecule is O=C(Cc1cc(=O)[nH]c(SC/C=C/c2ccccc2)n1)NCCc1ccccc1. The highest BCUT2D eigenvalue weighted by Gasteiger charge is 2.07. The number of thioether (sulfide) groups is 1. The van der Waals surface area contributed by atoms with Gasteiger partial charge in [-0.2, -0.15) is 0 Å². The number of rotatable bonds is 9. The number of nitrogens with zero attached hydrogens (tertiary/aromatic N) is 1. The molecule has 1 aromatic heterocycles. The maximum Gasteiger partial charge on any atom is 0.251 e. The van der Waals surface area contributed by atoms with E-state index in [9.17, 15) is 9.59 Å². The van der Waals surface area contributed by atoms with Gasteiger partial charge < -0.3 is 10.3 Å². The Morgan fingerprint density at radius 2 is 1.79 bits per heavy atom. The Hall–Kier alpha value is -3.12. The number of benzene rings is 2. The predicted molar refractivity (Wildman–Crippen MR) is 118 cm³/mol. The van der Waals surface area contributed by atoms with Crippen LogP contribution in [0.15, 0.2) is 82.8 Å². The number of carbonyl (C=O) groups excluding carboxylic acids is 1. The molecule has 29 heavy (non-hydrogen) atoms. The zero-order valence-electron chi connectivity index (χ0n) is 16.0. The molecule has 0 aliphatic rings. The summed E-state index contributed by atoms with van der Waals surface area (Å²) >= 11 is 1.43. The molecule has 6 heteroatoms. The number of amides is 1. The largest absolute Gasteiger partial charge is 0.355 e. The van der Waals surface area contributed by atoms with Crippen molar-refractivity contribution < 1.29 is 4.79 Å². The van der Waals surface area contributed by atoms with Crippen molar-refractivity contribution in [1.29, 1.82) is 0 Å². The van der Waals surface area contributed by atoms with Crippen molar-refractivity contribution in [1.82, 2.24) is 15.3 Å². The molecular formula is C23H23N3O2S. The first-order chi connectivity index (χ1) is 14.2. The number of aromatic nitrogens is 2. The first-order valence-corrected chi connectivity index (χ1v) is 10.4. The molecule has 0 spiro atoms. The maximum atomic E-state index is 12.2. The average Bonchev–Trinajstić information content (AvgIpc) is 2.72. The minimum atomic E-state index is -0.248. The zero-order chi connectivity index (χ0) is 20.3. The van der Waals surface area contributed by atoms with Gasteiger partial charge in [0.2, 0.25) is 5.91 Å². The number of aromatic amines is 1. The van der Waals surface area contributed by atoms with Crippen LogP contribution in [0.5, 0.6) is 0 Å². The van der Waals surface area contributed by atoms with Crippen LogP contribution in [0.25, 0.3) is 6.08 Å². The molecule has 0 aliphatic heterocycles. The van der Waals surface area contributed by atoms with Gasteiger partial charge in [0.05, 0.1) is 12.1 Å². The predicted octanol–water partition coefficient (Wildman–Crippen LogP) is 3.48. The van der Waals surface area contributed by atoms with Crippen LogP contribution in [-0.4, -0.2) is 28.2 Å². The van der Waals surface area contributed by atoms with E-state index in [1.54, 1.807) is 0 Å². The number of nitrogens with one attached hydrogen (secondary N) is 2. The van der Waals surface area contributed by atoms with Crippen molar-refractivity contribution in [2.24, 2.45) is 0 Å². The van der Waals surface area contributed by atoms with E-state index in [0.717, 1.165) is 12.0 Å². The number of H-pyrrole nitrogens is 1. The van der Waals surface area contributed by atoms with E-state index in [4.69, 9.17) is 0 Å². The summed E-state index contributed by atoms with van der Waals surface area (Å²) in [5, 5.41) is 3.40. The molecule has 5 nitrogen and oxygen atoms in total. The van der Waals surface area contributed by atoms with E-state index in [1.165, 1.54) is 23.4 Å². The standard InChI is InChI=1S/C23H23N3O2S/c27-21(24-14-13-19-10-5-2-6-11-19)16-20-17-22(28)26-23(25-20)29-15-7-12-18-8-3-1-4-9-18/h1-12,17H,13-16H2,(H,24,27)(H,25,26,28)/b12-7+. The molecule has 0 aliphatic carbocycles. The molecule has 0 bridgehead atoms. The zero-order valence-corrected chi connectivity index (χ0v) is 16.8.